The summed E-state index contributed by atoms with van der Waals surface area (Å²) >= 11 is 0. The van der Waals surface area contributed by atoms with Crippen LogP contribution in [0.2, 0.25) is 0 Å². The lowest BCUT2D eigenvalue weighted by Crippen LogP contribution is -2.32. The number of benzene rings is 2. The van der Waals surface area contributed by atoms with E-state index in [1.54, 1.807) is 7.11 Å². The molecule has 1 aliphatic carbocycles. The van der Waals surface area contributed by atoms with Gasteiger partial charge in [-0.15, -0.1) is 0 Å². The van der Waals surface area contributed by atoms with E-state index in [-0.39, 0.29) is 17.6 Å². The fourth-order valence-electron chi connectivity index (χ4n) is 4.68. The molecule has 0 fully saturated rings. The molecule has 5 nitrogen and oxygen atoms in total. The van der Waals surface area contributed by atoms with Gasteiger partial charge in [-0.2, -0.15) is 5.26 Å². The Morgan fingerprint density at radius 3 is 2.26 bits per heavy atom. The van der Waals surface area contributed by atoms with Gasteiger partial charge in [-0.25, -0.2) is 0 Å². The van der Waals surface area contributed by atoms with E-state index in [9.17, 15) is 10.1 Å². The van der Waals surface area contributed by atoms with Crippen molar-refractivity contribution in [1.29, 1.82) is 5.26 Å². The monoisotopic (exact) mass is 413 g/mol. The van der Waals surface area contributed by atoms with E-state index in [4.69, 9.17) is 9.73 Å². The second-order valence-electron chi connectivity index (χ2n) is 8.49. The van der Waals surface area contributed by atoms with Gasteiger partial charge in [0.25, 0.3) is 0 Å². The maximum absolute atomic E-state index is 13.4. The van der Waals surface area contributed by atoms with Crippen LogP contribution in [0.15, 0.2) is 64.8 Å². The van der Waals surface area contributed by atoms with Gasteiger partial charge in [0.15, 0.2) is 5.78 Å². The van der Waals surface area contributed by atoms with Crippen molar-refractivity contribution < 1.29 is 9.53 Å². The zero-order valence-electron chi connectivity index (χ0n) is 18.4. The molecule has 2 aliphatic rings. The number of Topliss-reactive ketones (excluding diaryl/α,β-unsaturated/α-hetero) is 1. The average Bonchev–Trinajstić information content (AvgIpc) is 2.78. The Bertz CT molecular complexity index is 1090. The van der Waals surface area contributed by atoms with Gasteiger partial charge in [-0.3, -0.25) is 9.79 Å². The van der Waals surface area contributed by atoms with E-state index in [2.05, 4.69) is 6.07 Å². The molecule has 0 radical (unpaired) electrons. The van der Waals surface area contributed by atoms with Crippen LogP contribution in [0.1, 0.15) is 42.7 Å². The lowest BCUT2D eigenvalue weighted by Gasteiger charge is -2.35. The van der Waals surface area contributed by atoms with Gasteiger partial charge in [0, 0.05) is 49.1 Å². The van der Waals surface area contributed by atoms with Crippen molar-refractivity contribution >= 4 is 17.2 Å². The first-order valence-electron chi connectivity index (χ1n) is 10.5. The molecule has 0 saturated carbocycles. The van der Waals surface area contributed by atoms with Crippen molar-refractivity contribution in [3.8, 4) is 11.8 Å². The molecule has 2 aromatic rings. The second kappa shape index (κ2) is 8.39. The van der Waals surface area contributed by atoms with E-state index in [1.165, 1.54) is 0 Å². The number of hydrogen-bond acceptors (Lipinski definition) is 5. The third-order valence-electron chi connectivity index (χ3n) is 6.38. The summed E-state index contributed by atoms with van der Waals surface area (Å²) in [5.41, 5.74) is 5.54. The van der Waals surface area contributed by atoms with E-state index >= 15 is 0 Å². The Kier molecular flexibility index (Phi) is 5.65. The van der Waals surface area contributed by atoms with Crippen molar-refractivity contribution in [3.05, 3.63) is 70.9 Å². The van der Waals surface area contributed by atoms with Crippen LogP contribution < -0.4 is 9.64 Å². The maximum atomic E-state index is 13.4. The number of ether oxygens (including phenoxy) is 1. The first-order valence-corrected chi connectivity index (χ1v) is 10.5. The van der Waals surface area contributed by atoms with E-state index in [0.29, 0.717) is 12.8 Å². The number of methoxy groups -OCH3 is 1. The fourth-order valence-corrected chi connectivity index (χ4v) is 4.68. The molecule has 0 saturated heterocycles. The summed E-state index contributed by atoms with van der Waals surface area (Å²) in [6.45, 7) is 1.90. The normalized spacial score (nSPS) is 23.0. The first-order chi connectivity index (χ1) is 14.9. The summed E-state index contributed by atoms with van der Waals surface area (Å²) in [5, 5.41) is 9.91. The topological polar surface area (TPSA) is 65.7 Å². The Morgan fingerprint density at radius 2 is 1.68 bits per heavy atom. The van der Waals surface area contributed by atoms with Crippen LogP contribution in [-0.4, -0.2) is 32.7 Å². The number of hydrogen-bond donors (Lipinski definition) is 0. The summed E-state index contributed by atoms with van der Waals surface area (Å²) < 4.78 is 5.26. The predicted molar refractivity (Wildman–Crippen MR) is 123 cm³/mol. The van der Waals surface area contributed by atoms with Crippen LogP contribution in [0.5, 0.6) is 5.75 Å². The first kappa shape index (κ1) is 20.9. The third-order valence-corrected chi connectivity index (χ3v) is 6.38. The lowest BCUT2D eigenvalue weighted by atomic mass is 9.69. The van der Waals surface area contributed by atoms with Crippen LogP contribution in [0.25, 0.3) is 0 Å². The highest BCUT2D eigenvalue weighted by Crippen LogP contribution is 2.46. The molecule has 31 heavy (non-hydrogen) atoms. The molecule has 3 atom stereocenters. The Labute approximate surface area is 183 Å². The van der Waals surface area contributed by atoms with Crippen molar-refractivity contribution in [2.45, 2.75) is 31.6 Å². The van der Waals surface area contributed by atoms with Crippen LogP contribution in [0.4, 0.5) is 5.69 Å². The fraction of sp³-hybridized carbons (Fsp3) is 0.346. The van der Waals surface area contributed by atoms with Crippen molar-refractivity contribution in [3.63, 3.8) is 0 Å². The standard InChI is InChI=1S/C26H27N3O2/c1-16-22(15-27)25(18-5-9-20(10-6-18)29(2)3)26-23(28-16)13-19(14-24(26)30)17-7-11-21(31-4)12-8-17/h5-12,19,22,25H,13-14H2,1-4H3/t19-,22?,25-/m1/s1. The lowest BCUT2D eigenvalue weighted by molar-refractivity contribution is -0.116. The highest BCUT2D eigenvalue weighted by molar-refractivity contribution is 6.03. The van der Waals surface area contributed by atoms with Gasteiger partial charge < -0.3 is 9.64 Å². The van der Waals surface area contributed by atoms with Gasteiger partial charge in [0.1, 0.15) is 5.75 Å². The number of nitriles is 1. The third kappa shape index (κ3) is 3.86. The molecular weight excluding hydrogens is 386 g/mol. The predicted octanol–water partition coefficient (Wildman–Crippen LogP) is 4.86. The molecule has 0 spiro atoms. The molecule has 1 unspecified atom stereocenters. The minimum Gasteiger partial charge on any atom is -0.497 e. The van der Waals surface area contributed by atoms with Gasteiger partial charge in [-0.1, -0.05) is 24.3 Å². The molecule has 0 aromatic heterocycles. The Balaban J connectivity index is 1.73. The highest BCUT2D eigenvalue weighted by atomic mass is 16.5. The summed E-state index contributed by atoms with van der Waals surface area (Å²) in [6.07, 6.45) is 1.14. The Hall–Kier alpha value is -3.39. The number of carbonyl (C=O) groups is 1. The van der Waals surface area contributed by atoms with Crippen molar-refractivity contribution in [2.75, 3.05) is 26.1 Å². The van der Waals surface area contributed by atoms with Gasteiger partial charge >= 0.3 is 0 Å². The number of ketones is 1. The molecule has 0 N–H and O–H groups in total. The van der Waals surface area contributed by atoms with Crippen molar-refractivity contribution in [1.82, 2.24) is 0 Å². The van der Waals surface area contributed by atoms with Crippen LogP contribution in [0.3, 0.4) is 0 Å². The molecule has 2 aromatic carbocycles. The van der Waals surface area contributed by atoms with E-state index in [1.807, 2.05) is 74.4 Å². The molecule has 1 heterocycles. The van der Waals surface area contributed by atoms with Crippen LogP contribution >= 0.6 is 0 Å². The summed E-state index contributed by atoms with van der Waals surface area (Å²) in [5.74, 6) is 0.295. The zero-order chi connectivity index (χ0) is 22.1. The second-order valence-corrected chi connectivity index (χ2v) is 8.49. The van der Waals surface area contributed by atoms with Crippen LogP contribution in [0, 0.1) is 17.2 Å². The van der Waals surface area contributed by atoms with Gasteiger partial charge in [0.2, 0.25) is 0 Å². The molecule has 1 aliphatic heterocycles. The SMILES string of the molecule is COc1ccc([C@H]2CC(=O)C3=C(C2)N=C(C)C(C#N)[C@H]3c2ccc(N(C)C)cc2)cc1. The largest absolute Gasteiger partial charge is 0.497 e. The highest BCUT2D eigenvalue weighted by Gasteiger charge is 2.41. The zero-order valence-corrected chi connectivity index (χ0v) is 18.4. The quantitative estimate of drug-likeness (QED) is 0.718. The summed E-state index contributed by atoms with van der Waals surface area (Å²) in [6, 6.07) is 18.5. The number of aliphatic imine (C=N–C) groups is 1. The number of anilines is 1. The average molecular weight is 414 g/mol. The Morgan fingerprint density at radius 1 is 1.03 bits per heavy atom. The number of nitrogens with zero attached hydrogens (tertiary/aromatic N) is 3. The van der Waals surface area contributed by atoms with E-state index in [0.717, 1.165) is 39.5 Å². The smallest absolute Gasteiger partial charge is 0.161 e. The molecule has 158 valence electrons. The number of allylic oxidation sites excluding steroid dienone is 2. The van der Waals surface area contributed by atoms with Crippen molar-refractivity contribution in [2.24, 2.45) is 10.9 Å². The van der Waals surface area contributed by atoms with Gasteiger partial charge in [0.05, 0.1) is 19.1 Å². The molecule has 4 rings (SSSR count). The molecule has 0 amide bonds. The summed E-state index contributed by atoms with van der Waals surface area (Å²) in [4.78, 5) is 20.2. The van der Waals surface area contributed by atoms with E-state index < -0.39 is 5.92 Å². The number of carbonyl (C=O) groups excluding carboxylic acids is 1. The molecule has 5 heteroatoms. The molecule has 0 bridgehead atoms. The summed E-state index contributed by atoms with van der Waals surface area (Å²) in [7, 11) is 5.64. The minimum atomic E-state index is -0.426. The molecular formula is C26H27N3O2. The van der Waals surface area contributed by atoms with Crippen LogP contribution in [-0.2, 0) is 4.79 Å². The minimum absolute atomic E-state index is 0.0871. The maximum Gasteiger partial charge on any atom is 0.161 e. The number of rotatable bonds is 4. The van der Waals surface area contributed by atoms with Gasteiger partial charge in [-0.05, 0) is 54.7 Å².